The summed E-state index contributed by atoms with van der Waals surface area (Å²) in [6.07, 6.45) is 0.798. The number of halogens is 2. The third-order valence-corrected chi connectivity index (χ3v) is 2.63. The summed E-state index contributed by atoms with van der Waals surface area (Å²) < 4.78 is 13.1. The van der Waals surface area contributed by atoms with E-state index in [0.717, 1.165) is 6.42 Å². The summed E-state index contributed by atoms with van der Waals surface area (Å²) in [7, 11) is 0. The van der Waals surface area contributed by atoms with E-state index in [4.69, 9.17) is 17.3 Å². The van der Waals surface area contributed by atoms with Crippen LogP contribution in [0.25, 0.3) is 0 Å². The van der Waals surface area contributed by atoms with Crippen molar-refractivity contribution >= 4 is 11.6 Å². The van der Waals surface area contributed by atoms with E-state index in [1.54, 1.807) is 6.07 Å². The van der Waals surface area contributed by atoms with Gasteiger partial charge in [-0.1, -0.05) is 31.0 Å². The van der Waals surface area contributed by atoms with Crippen LogP contribution in [-0.2, 0) is 0 Å². The first-order valence-electron chi connectivity index (χ1n) is 4.94. The molecule has 0 heterocycles. The quantitative estimate of drug-likeness (QED) is 0.837. The molecule has 0 saturated heterocycles. The van der Waals surface area contributed by atoms with E-state index in [9.17, 15) is 9.50 Å². The number of aliphatic hydroxyl groups excluding tert-OH is 1. The first kappa shape index (κ1) is 12.4. The Labute approximate surface area is 93.9 Å². The molecular formula is C11H15ClFNO. The second-order valence-corrected chi connectivity index (χ2v) is 3.96. The van der Waals surface area contributed by atoms with E-state index in [0.29, 0.717) is 12.0 Å². The molecule has 4 heteroatoms. The summed E-state index contributed by atoms with van der Waals surface area (Å²) in [6, 6.07) is 3.79. The number of hydrogen-bond donors (Lipinski definition) is 2. The maximum Gasteiger partial charge on any atom is 0.142 e. The van der Waals surface area contributed by atoms with Crippen molar-refractivity contribution in [1.82, 2.24) is 0 Å². The maximum absolute atomic E-state index is 13.1. The molecule has 0 aromatic heterocycles. The van der Waals surface area contributed by atoms with Crippen molar-refractivity contribution in [2.45, 2.75) is 31.9 Å². The lowest BCUT2D eigenvalue weighted by Crippen LogP contribution is -2.26. The Kier molecular flexibility index (Phi) is 4.51. The topological polar surface area (TPSA) is 46.2 Å². The Balaban J connectivity index is 2.81. The summed E-state index contributed by atoms with van der Waals surface area (Å²) in [5, 5.41) is 9.72. The monoisotopic (exact) mass is 231 g/mol. The van der Waals surface area contributed by atoms with Gasteiger partial charge in [0, 0.05) is 0 Å². The predicted octanol–water partition coefficient (Wildman–Crippen LogP) is 2.64. The van der Waals surface area contributed by atoms with Crippen LogP contribution in [0.4, 0.5) is 4.39 Å². The molecule has 0 amide bonds. The Hall–Kier alpha value is -0.640. The zero-order valence-corrected chi connectivity index (χ0v) is 9.34. The predicted molar refractivity (Wildman–Crippen MR) is 59.3 cm³/mol. The molecule has 0 aliphatic carbocycles. The summed E-state index contributed by atoms with van der Waals surface area (Å²) in [5.41, 5.74) is 6.35. The standard InChI is InChI=1S/C11H15ClFNO/c1-2-3-10(15)11(14)7-4-5-8(12)9(13)6-7/h4-6,10-11,15H,2-3,14H2,1H3/t10-,11+/m0/s1. The smallest absolute Gasteiger partial charge is 0.142 e. The molecule has 0 radical (unpaired) electrons. The lowest BCUT2D eigenvalue weighted by Gasteiger charge is -2.18. The molecule has 3 N–H and O–H groups in total. The third-order valence-electron chi connectivity index (χ3n) is 2.33. The van der Waals surface area contributed by atoms with Gasteiger partial charge in [0.15, 0.2) is 0 Å². The second-order valence-electron chi connectivity index (χ2n) is 3.56. The average Bonchev–Trinajstić information content (AvgIpc) is 2.21. The van der Waals surface area contributed by atoms with E-state index in [1.807, 2.05) is 6.92 Å². The molecule has 15 heavy (non-hydrogen) atoms. The zero-order valence-electron chi connectivity index (χ0n) is 8.58. The minimum Gasteiger partial charge on any atom is -0.391 e. The van der Waals surface area contributed by atoms with Crippen LogP contribution >= 0.6 is 11.6 Å². The fourth-order valence-corrected chi connectivity index (χ4v) is 1.53. The van der Waals surface area contributed by atoms with E-state index in [-0.39, 0.29) is 5.02 Å². The van der Waals surface area contributed by atoms with Crippen LogP contribution in [0.3, 0.4) is 0 Å². The SMILES string of the molecule is CCC[C@H](O)[C@H](N)c1ccc(Cl)c(F)c1. The van der Waals surface area contributed by atoms with Gasteiger partial charge in [-0.25, -0.2) is 4.39 Å². The largest absolute Gasteiger partial charge is 0.391 e. The number of benzene rings is 1. The van der Waals surface area contributed by atoms with Gasteiger partial charge in [0.05, 0.1) is 17.2 Å². The summed E-state index contributed by atoms with van der Waals surface area (Å²) in [4.78, 5) is 0. The Morgan fingerprint density at radius 3 is 2.73 bits per heavy atom. The third kappa shape index (κ3) is 3.16. The maximum atomic E-state index is 13.1. The number of rotatable bonds is 4. The van der Waals surface area contributed by atoms with Gasteiger partial charge in [-0.15, -0.1) is 0 Å². The van der Waals surface area contributed by atoms with Gasteiger partial charge in [-0.3, -0.25) is 0 Å². The zero-order chi connectivity index (χ0) is 11.4. The van der Waals surface area contributed by atoms with Crippen molar-refractivity contribution in [3.05, 3.63) is 34.6 Å². The molecule has 0 fully saturated rings. The van der Waals surface area contributed by atoms with Crippen molar-refractivity contribution in [2.75, 3.05) is 0 Å². The molecule has 2 nitrogen and oxygen atoms in total. The van der Waals surface area contributed by atoms with Crippen LogP contribution in [0.2, 0.25) is 5.02 Å². The molecule has 0 unspecified atom stereocenters. The molecule has 1 rings (SSSR count). The van der Waals surface area contributed by atoms with Crippen LogP contribution < -0.4 is 5.73 Å². The van der Waals surface area contributed by atoms with Crippen molar-refractivity contribution in [2.24, 2.45) is 5.73 Å². The summed E-state index contributed by atoms with van der Waals surface area (Å²) >= 11 is 5.55. The van der Waals surface area contributed by atoms with Crippen LogP contribution in [0.1, 0.15) is 31.4 Å². The Morgan fingerprint density at radius 2 is 2.20 bits per heavy atom. The van der Waals surface area contributed by atoms with Gasteiger partial charge >= 0.3 is 0 Å². The van der Waals surface area contributed by atoms with Gasteiger partial charge < -0.3 is 10.8 Å². The molecule has 1 aromatic rings. The Morgan fingerprint density at radius 1 is 1.53 bits per heavy atom. The molecule has 2 atom stereocenters. The summed E-state index contributed by atoms with van der Waals surface area (Å²) in [5.74, 6) is -0.506. The Bertz CT molecular complexity index is 332. The van der Waals surface area contributed by atoms with Crippen LogP contribution in [0.15, 0.2) is 18.2 Å². The molecule has 1 aromatic carbocycles. The van der Waals surface area contributed by atoms with Crippen LogP contribution in [0.5, 0.6) is 0 Å². The highest BCUT2D eigenvalue weighted by Crippen LogP contribution is 2.22. The number of hydrogen-bond acceptors (Lipinski definition) is 2. The molecule has 0 aliphatic rings. The average molecular weight is 232 g/mol. The first-order chi connectivity index (χ1) is 7.06. The minimum absolute atomic E-state index is 0.0657. The molecule has 0 bridgehead atoms. The normalized spacial score (nSPS) is 15.0. The van der Waals surface area contributed by atoms with E-state index in [2.05, 4.69) is 0 Å². The van der Waals surface area contributed by atoms with E-state index in [1.165, 1.54) is 12.1 Å². The lowest BCUT2D eigenvalue weighted by molar-refractivity contribution is 0.134. The highest BCUT2D eigenvalue weighted by Gasteiger charge is 2.16. The first-order valence-corrected chi connectivity index (χ1v) is 5.32. The van der Waals surface area contributed by atoms with Crippen LogP contribution in [0, 0.1) is 5.82 Å². The molecular weight excluding hydrogens is 217 g/mol. The molecule has 0 aliphatic heterocycles. The van der Waals surface area contributed by atoms with Crippen molar-refractivity contribution < 1.29 is 9.50 Å². The van der Waals surface area contributed by atoms with Gasteiger partial charge in [0.1, 0.15) is 5.82 Å². The fraction of sp³-hybridized carbons (Fsp3) is 0.455. The number of nitrogens with two attached hydrogens (primary N) is 1. The minimum atomic E-state index is -0.643. The van der Waals surface area contributed by atoms with Crippen molar-refractivity contribution in [1.29, 1.82) is 0 Å². The molecule has 0 spiro atoms. The van der Waals surface area contributed by atoms with E-state index < -0.39 is 18.0 Å². The number of aliphatic hydroxyl groups is 1. The lowest BCUT2D eigenvalue weighted by atomic mass is 9.99. The molecule has 0 saturated carbocycles. The highest BCUT2D eigenvalue weighted by molar-refractivity contribution is 6.30. The fourth-order valence-electron chi connectivity index (χ4n) is 1.42. The highest BCUT2D eigenvalue weighted by atomic mass is 35.5. The van der Waals surface area contributed by atoms with Crippen LogP contribution in [-0.4, -0.2) is 11.2 Å². The van der Waals surface area contributed by atoms with Crippen molar-refractivity contribution in [3.8, 4) is 0 Å². The molecule has 84 valence electrons. The van der Waals surface area contributed by atoms with Gasteiger partial charge in [0.2, 0.25) is 0 Å². The van der Waals surface area contributed by atoms with Gasteiger partial charge in [0.25, 0.3) is 0 Å². The van der Waals surface area contributed by atoms with Gasteiger partial charge in [-0.05, 0) is 24.1 Å². The van der Waals surface area contributed by atoms with Gasteiger partial charge in [-0.2, -0.15) is 0 Å². The summed E-state index contributed by atoms with van der Waals surface area (Å²) in [6.45, 7) is 1.96. The second kappa shape index (κ2) is 5.45. The van der Waals surface area contributed by atoms with Crippen molar-refractivity contribution in [3.63, 3.8) is 0 Å². The van der Waals surface area contributed by atoms with E-state index >= 15 is 0 Å².